The Labute approximate surface area is 138 Å². The Hall–Kier alpha value is -1.97. The number of H-pyrrole nitrogens is 1. The van der Waals surface area contributed by atoms with Crippen molar-refractivity contribution in [3.63, 3.8) is 0 Å². The molecule has 2 aromatic rings. The first kappa shape index (κ1) is 17.4. The number of rotatable bonds is 10. The van der Waals surface area contributed by atoms with Crippen LogP contribution in [0.15, 0.2) is 24.4 Å². The zero-order valence-corrected chi connectivity index (χ0v) is 14.3. The Morgan fingerprint density at radius 3 is 2.83 bits per heavy atom. The quantitative estimate of drug-likeness (QED) is 0.646. The number of carbonyl (C=O) groups is 1. The number of fused-ring (bicyclic) bond motifs is 1. The highest BCUT2D eigenvalue weighted by molar-refractivity contribution is 5.84. The predicted molar refractivity (Wildman–Crippen MR) is 94.9 cm³/mol. The van der Waals surface area contributed by atoms with Gasteiger partial charge in [-0.1, -0.05) is 32.6 Å². The summed E-state index contributed by atoms with van der Waals surface area (Å²) in [5.74, 6) is 0.935. The zero-order chi connectivity index (χ0) is 16.5. The third-order valence-corrected chi connectivity index (χ3v) is 4.02. The van der Waals surface area contributed by atoms with Crippen LogP contribution in [-0.2, 0) is 11.2 Å². The van der Waals surface area contributed by atoms with Crippen LogP contribution in [-0.4, -0.2) is 24.0 Å². The minimum atomic E-state index is 0.0111. The van der Waals surface area contributed by atoms with Crippen LogP contribution in [0.3, 0.4) is 0 Å². The van der Waals surface area contributed by atoms with E-state index >= 15 is 0 Å². The maximum atomic E-state index is 11.0. The molecular formula is C19H28N2O2. The van der Waals surface area contributed by atoms with E-state index < -0.39 is 0 Å². The molecule has 0 saturated heterocycles. The lowest BCUT2D eigenvalue weighted by Crippen LogP contribution is -2.22. The molecule has 0 bridgehead atoms. The SMILES string of the molecule is CCCCCCCOc1ccc2[nH]cc(CCNC(C)=O)c2c1. The Kier molecular flexibility index (Phi) is 6.98. The molecule has 0 fully saturated rings. The fourth-order valence-electron chi connectivity index (χ4n) is 2.72. The third-order valence-electron chi connectivity index (χ3n) is 4.02. The third kappa shape index (κ3) is 5.62. The largest absolute Gasteiger partial charge is 0.494 e. The molecule has 0 aliphatic heterocycles. The molecule has 4 heteroatoms. The topological polar surface area (TPSA) is 54.1 Å². The number of hydrogen-bond acceptors (Lipinski definition) is 2. The van der Waals surface area contributed by atoms with Crippen LogP contribution in [0.5, 0.6) is 5.75 Å². The van der Waals surface area contributed by atoms with Crippen LogP contribution in [0.4, 0.5) is 0 Å². The minimum absolute atomic E-state index is 0.0111. The van der Waals surface area contributed by atoms with E-state index in [1.807, 2.05) is 12.3 Å². The van der Waals surface area contributed by atoms with Gasteiger partial charge in [0.15, 0.2) is 0 Å². The first-order valence-electron chi connectivity index (χ1n) is 8.68. The number of carbonyl (C=O) groups excluding carboxylic acids is 1. The highest BCUT2D eigenvalue weighted by atomic mass is 16.5. The number of hydrogen-bond donors (Lipinski definition) is 2. The van der Waals surface area contributed by atoms with Gasteiger partial charge in [0.1, 0.15) is 5.75 Å². The fraction of sp³-hybridized carbons (Fsp3) is 0.526. The van der Waals surface area contributed by atoms with Gasteiger partial charge in [-0.05, 0) is 36.6 Å². The van der Waals surface area contributed by atoms with Crippen molar-refractivity contribution in [1.82, 2.24) is 10.3 Å². The highest BCUT2D eigenvalue weighted by Gasteiger charge is 2.06. The van der Waals surface area contributed by atoms with Gasteiger partial charge in [-0.25, -0.2) is 0 Å². The molecule has 0 spiro atoms. The average Bonchev–Trinajstić information content (AvgIpc) is 2.93. The summed E-state index contributed by atoms with van der Waals surface area (Å²) in [5.41, 5.74) is 2.32. The fourth-order valence-corrected chi connectivity index (χ4v) is 2.72. The van der Waals surface area contributed by atoms with E-state index in [1.54, 1.807) is 6.92 Å². The number of benzene rings is 1. The van der Waals surface area contributed by atoms with Gasteiger partial charge in [0.05, 0.1) is 6.61 Å². The van der Waals surface area contributed by atoms with Crippen molar-refractivity contribution >= 4 is 16.8 Å². The number of amides is 1. The summed E-state index contributed by atoms with van der Waals surface area (Å²) in [6, 6.07) is 6.17. The van der Waals surface area contributed by atoms with Crippen LogP contribution < -0.4 is 10.1 Å². The van der Waals surface area contributed by atoms with E-state index in [2.05, 4.69) is 29.4 Å². The van der Waals surface area contributed by atoms with Gasteiger partial charge in [-0.3, -0.25) is 4.79 Å². The lowest BCUT2D eigenvalue weighted by molar-refractivity contribution is -0.118. The van der Waals surface area contributed by atoms with Crippen molar-refractivity contribution in [3.8, 4) is 5.75 Å². The van der Waals surface area contributed by atoms with Crippen molar-refractivity contribution in [1.29, 1.82) is 0 Å². The maximum Gasteiger partial charge on any atom is 0.216 e. The molecule has 0 aliphatic carbocycles. The summed E-state index contributed by atoms with van der Waals surface area (Å²) in [6.45, 7) is 5.21. The number of aromatic nitrogens is 1. The van der Waals surface area contributed by atoms with E-state index in [1.165, 1.54) is 36.6 Å². The second kappa shape index (κ2) is 9.23. The van der Waals surface area contributed by atoms with Crippen LogP contribution in [0.25, 0.3) is 10.9 Å². The molecular weight excluding hydrogens is 288 g/mol. The van der Waals surface area contributed by atoms with E-state index in [4.69, 9.17) is 4.74 Å². The van der Waals surface area contributed by atoms with E-state index in [-0.39, 0.29) is 5.91 Å². The van der Waals surface area contributed by atoms with Crippen LogP contribution in [0, 0.1) is 0 Å². The zero-order valence-electron chi connectivity index (χ0n) is 14.3. The Bertz CT molecular complexity index is 619. The number of ether oxygens (including phenoxy) is 1. The summed E-state index contributed by atoms with van der Waals surface area (Å²) < 4.78 is 5.88. The van der Waals surface area contributed by atoms with Gasteiger partial charge >= 0.3 is 0 Å². The molecule has 1 heterocycles. The first-order chi connectivity index (χ1) is 11.2. The normalized spacial score (nSPS) is 10.9. The Morgan fingerprint density at radius 1 is 1.22 bits per heavy atom. The second-order valence-electron chi connectivity index (χ2n) is 6.02. The molecule has 0 unspecified atom stereocenters. The van der Waals surface area contributed by atoms with Crippen molar-refractivity contribution in [2.45, 2.75) is 52.4 Å². The van der Waals surface area contributed by atoms with Crippen LogP contribution >= 0.6 is 0 Å². The van der Waals surface area contributed by atoms with Crippen LogP contribution in [0.2, 0.25) is 0 Å². The summed E-state index contributed by atoms with van der Waals surface area (Å²) in [5, 5.41) is 4.02. The van der Waals surface area contributed by atoms with Gasteiger partial charge < -0.3 is 15.0 Å². The molecule has 1 amide bonds. The molecule has 23 heavy (non-hydrogen) atoms. The van der Waals surface area contributed by atoms with Crippen molar-refractivity contribution < 1.29 is 9.53 Å². The molecule has 1 aromatic carbocycles. The molecule has 126 valence electrons. The highest BCUT2D eigenvalue weighted by Crippen LogP contribution is 2.24. The summed E-state index contributed by atoms with van der Waals surface area (Å²) >= 11 is 0. The van der Waals surface area contributed by atoms with Crippen molar-refractivity contribution in [3.05, 3.63) is 30.0 Å². The van der Waals surface area contributed by atoms with Gasteiger partial charge in [0, 0.05) is 30.6 Å². The molecule has 4 nitrogen and oxygen atoms in total. The smallest absolute Gasteiger partial charge is 0.216 e. The molecule has 0 aliphatic rings. The Balaban J connectivity index is 1.88. The Morgan fingerprint density at radius 2 is 2.04 bits per heavy atom. The summed E-state index contributed by atoms with van der Waals surface area (Å²) in [7, 11) is 0. The summed E-state index contributed by atoms with van der Waals surface area (Å²) in [6.07, 6.45) is 9.06. The predicted octanol–water partition coefficient (Wildman–Crippen LogP) is 4.20. The number of nitrogens with one attached hydrogen (secondary N) is 2. The molecule has 0 atom stereocenters. The van der Waals surface area contributed by atoms with E-state index in [0.717, 1.165) is 30.7 Å². The number of unbranched alkanes of at least 4 members (excludes halogenated alkanes) is 4. The molecule has 1 aromatic heterocycles. The molecule has 2 rings (SSSR count). The first-order valence-corrected chi connectivity index (χ1v) is 8.68. The van der Waals surface area contributed by atoms with Gasteiger partial charge in [-0.2, -0.15) is 0 Å². The van der Waals surface area contributed by atoms with Gasteiger partial charge in [0.25, 0.3) is 0 Å². The van der Waals surface area contributed by atoms with E-state index in [0.29, 0.717) is 6.54 Å². The minimum Gasteiger partial charge on any atom is -0.494 e. The van der Waals surface area contributed by atoms with Crippen molar-refractivity contribution in [2.75, 3.05) is 13.2 Å². The van der Waals surface area contributed by atoms with E-state index in [9.17, 15) is 4.79 Å². The van der Waals surface area contributed by atoms with Crippen molar-refractivity contribution in [2.24, 2.45) is 0 Å². The average molecular weight is 316 g/mol. The number of aromatic amines is 1. The lowest BCUT2D eigenvalue weighted by Gasteiger charge is -2.07. The maximum absolute atomic E-state index is 11.0. The van der Waals surface area contributed by atoms with Crippen LogP contribution in [0.1, 0.15) is 51.5 Å². The van der Waals surface area contributed by atoms with Gasteiger partial charge in [0.2, 0.25) is 5.91 Å². The standard InChI is InChI=1S/C19H28N2O2/c1-3-4-5-6-7-12-23-17-8-9-19-18(13-17)16(14-21-19)10-11-20-15(2)22/h8-9,13-14,21H,3-7,10-12H2,1-2H3,(H,20,22). The summed E-state index contributed by atoms with van der Waals surface area (Å²) in [4.78, 5) is 14.2. The molecule has 0 saturated carbocycles. The second-order valence-corrected chi connectivity index (χ2v) is 6.02. The monoisotopic (exact) mass is 316 g/mol. The lowest BCUT2D eigenvalue weighted by atomic mass is 10.1. The van der Waals surface area contributed by atoms with Gasteiger partial charge in [-0.15, -0.1) is 0 Å². The molecule has 0 radical (unpaired) electrons. The molecule has 2 N–H and O–H groups in total.